The highest BCUT2D eigenvalue weighted by molar-refractivity contribution is 5.74. The van der Waals surface area contributed by atoms with Gasteiger partial charge in [0.15, 0.2) is 0 Å². The third kappa shape index (κ3) is 2.83. The molecule has 2 heterocycles. The Morgan fingerprint density at radius 3 is 2.79 bits per heavy atom. The number of fused-ring (bicyclic) bond motifs is 3. The van der Waals surface area contributed by atoms with Crippen LogP contribution < -0.4 is 14.6 Å². The Bertz CT molecular complexity index is 829. The molecule has 0 spiro atoms. The molecule has 124 valence electrons. The quantitative estimate of drug-likeness (QED) is 0.707. The zero-order chi connectivity index (χ0) is 16.4. The van der Waals surface area contributed by atoms with E-state index in [0.29, 0.717) is 6.54 Å². The molecule has 0 saturated carbocycles. The molecule has 0 fully saturated rings. The molecular formula is C19H22N3O2+. The van der Waals surface area contributed by atoms with Gasteiger partial charge in [-0.3, -0.25) is 5.32 Å². The lowest BCUT2D eigenvalue weighted by Gasteiger charge is -2.15. The standard InChI is InChI=1S/C19H21N3O2/c23-15(14-24-16-7-2-1-3-8-16)13-22-18-10-5-4-9-17(18)21-12-6-11-20-19(21)22/h1-5,7-10,15,23H,6,11-14H2/p+1/t15-/m1/s1. The van der Waals surface area contributed by atoms with Crippen molar-refractivity contribution in [3.8, 4) is 5.75 Å². The fourth-order valence-electron chi connectivity index (χ4n) is 3.31. The first-order chi connectivity index (χ1) is 11.8. The summed E-state index contributed by atoms with van der Waals surface area (Å²) in [5.74, 6) is 1.85. The fourth-order valence-corrected chi connectivity index (χ4v) is 3.31. The van der Waals surface area contributed by atoms with Gasteiger partial charge in [-0.2, -0.15) is 0 Å². The van der Waals surface area contributed by atoms with Crippen molar-refractivity contribution in [2.24, 2.45) is 0 Å². The normalized spacial score (nSPS) is 14.9. The SMILES string of the molecule is O[C@@H](COc1ccccc1)Cn1c2[n+](c3ccccc31)CCCN2. The van der Waals surface area contributed by atoms with Crippen LogP contribution >= 0.6 is 0 Å². The second-order valence-corrected chi connectivity index (χ2v) is 6.13. The largest absolute Gasteiger partial charge is 0.491 e. The second kappa shape index (κ2) is 6.53. The summed E-state index contributed by atoms with van der Waals surface area (Å²) in [7, 11) is 0. The number of hydrogen-bond acceptors (Lipinski definition) is 3. The third-order valence-electron chi connectivity index (χ3n) is 4.40. The summed E-state index contributed by atoms with van der Waals surface area (Å²) in [5.41, 5.74) is 2.34. The Kier molecular flexibility index (Phi) is 4.09. The Morgan fingerprint density at radius 1 is 1.12 bits per heavy atom. The number of aliphatic hydroxyl groups is 1. The van der Waals surface area contributed by atoms with E-state index < -0.39 is 6.10 Å². The smallest absolute Gasteiger partial charge is 0.358 e. The molecule has 1 atom stereocenters. The number of ether oxygens (including phenoxy) is 1. The Morgan fingerprint density at radius 2 is 1.92 bits per heavy atom. The minimum atomic E-state index is -0.575. The average molecular weight is 324 g/mol. The van der Waals surface area contributed by atoms with Gasteiger partial charge < -0.3 is 9.84 Å². The summed E-state index contributed by atoms with van der Waals surface area (Å²) in [6.45, 7) is 2.75. The fraction of sp³-hybridized carbons (Fsp3) is 0.316. The molecule has 5 nitrogen and oxygen atoms in total. The van der Waals surface area contributed by atoms with Gasteiger partial charge in [-0.15, -0.1) is 0 Å². The number of hydrogen-bond donors (Lipinski definition) is 2. The average Bonchev–Trinajstić information content (AvgIpc) is 2.95. The third-order valence-corrected chi connectivity index (χ3v) is 4.40. The summed E-state index contributed by atoms with van der Waals surface area (Å²) >= 11 is 0. The van der Waals surface area contributed by atoms with Crippen LogP contribution in [0.15, 0.2) is 54.6 Å². The Hall–Kier alpha value is -2.53. The molecule has 0 unspecified atom stereocenters. The molecule has 0 bridgehead atoms. The van der Waals surface area contributed by atoms with Gasteiger partial charge in [0.25, 0.3) is 0 Å². The van der Waals surface area contributed by atoms with Gasteiger partial charge in [-0.25, -0.2) is 9.13 Å². The first-order valence-electron chi connectivity index (χ1n) is 8.44. The second-order valence-electron chi connectivity index (χ2n) is 6.13. The van der Waals surface area contributed by atoms with Crippen molar-refractivity contribution in [3.05, 3.63) is 54.6 Å². The van der Waals surface area contributed by atoms with Crippen LogP contribution in [0.3, 0.4) is 0 Å². The molecule has 5 heteroatoms. The molecule has 3 aromatic rings. The maximum Gasteiger partial charge on any atom is 0.358 e. The molecule has 24 heavy (non-hydrogen) atoms. The van der Waals surface area contributed by atoms with E-state index in [2.05, 4.69) is 32.7 Å². The van der Waals surface area contributed by atoms with Gasteiger partial charge in [0.05, 0.1) is 13.1 Å². The first-order valence-corrected chi connectivity index (χ1v) is 8.44. The predicted octanol–water partition coefficient (Wildman–Crippen LogP) is 2.18. The molecule has 0 radical (unpaired) electrons. The van der Waals surface area contributed by atoms with Crippen LogP contribution in [0.2, 0.25) is 0 Å². The van der Waals surface area contributed by atoms with Gasteiger partial charge in [0.1, 0.15) is 36.0 Å². The monoisotopic (exact) mass is 324 g/mol. The minimum absolute atomic E-state index is 0.274. The summed E-state index contributed by atoms with van der Waals surface area (Å²) in [6, 6.07) is 17.9. The number of para-hydroxylation sites is 3. The number of aromatic nitrogens is 2. The van der Waals surface area contributed by atoms with Crippen LogP contribution in [-0.4, -0.2) is 28.9 Å². The van der Waals surface area contributed by atoms with Crippen LogP contribution in [0.5, 0.6) is 5.75 Å². The molecule has 0 amide bonds. The van der Waals surface area contributed by atoms with Crippen molar-refractivity contribution in [1.29, 1.82) is 0 Å². The van der Waals surface area contributed by atoms with E-state index in [9.17, 15) is 5.11 Å². The van der Waals surface area contributed by atoms with Crippen LogP contribution in [-0.2, 0) is 13.1 Å². The van der Waals surface area contributed by atoms with Crippen LogP contribution in [0, 0.1) is 0 Å². The van der Waals surface area contributed by atoms with Gasteiger partial charge >= 0.3 is 5.95 Å². The Balaban J connectivity index is 1.55. The van der Waals surface area contributed by atoms with Gasteiger partial charge in [0.2, 0.25) is 0 Å². The summed E-state index contributed by atoms with van der Waals surface area (Å²) in [4.78, 5) is 0. The van der Waals surface area contributed by atoms with Crippen LogP contribution in [0.1, 0.15) is 6.42 Å². The number of nitrogens with one attached hydrogen (secondary N) is 1. The number of aryl methyl sites for hydroxylation is 1. The van der Waals surface area contributed by atoms with Crippen molar-refractivity contribution in [3.63, 3.8) is 0 Å². The summed E-state index contributed by atoms with van der Waals surface area (Å²) in [6.07, 6.45) is 0.542. The minimum Gasteiger partial charge on any atom is -0.491 e. The number of anilines is 1. The molecule has 4 rings (SSSR count). The highest BCUT2D eigenvalue weighted by Gasteiger charge is 2.27. The van der Waals surface area contributed by atoms with E-state index >= 15 is 0 Å². The molecule has 0 aliphatic carbocycles. The number of nitrogens with zero attached hydrogens (tertiary/aromatic N) is 2. The lowest BCUT2D eigenvalue weighted by Crippen LogP contribution is -2.42. The zero-order valence-electron chi connectivity index (χ0n) is 13.6. The number of imidazole rings is 1. The molecule has 2 aromatic carbocycles. The summed E-state index contributed by atoms with van der Waals surface area (Å²) < 4.78 is 10.1. The van der Waals surface area contributed by atoms with Crippen molar-refractivity contribution >= 4 is 17.0 Å². The molecule has 1 aliphatic rings. The maximum atomic E-state index is 10.5. The molecular weight excluding hydrogens is 302 g/mol. The van der Waals surface area contributed by atoms with E-state index in [0.717, 1.165) is 36.7 Å². The van der Waals surface area contributed by atoms with Crippen LogP contribution in [0.4, 0.5) is 5.95 Å². The van der Waals surface area contributed by atoms with E-state index in [4.69, 9.17) is 4.74 Å². The highest BCUT2D eigenvalue weighted by Crippen LogP contribution is 2.21. The zero-order valence-corrected chi connectivity index (χ0v) is 13.6. The van der Waals surface area contributed by atoms with Crippen molar-refractivity contribution in [2.45, 2.75) is 25.6 Å². The van der Waals surface area contributed by atoms with Crippen molar-refractivity contribution in [1.82, 2.24) is 4.57 Å². The lowest BCUT2D eigenvalue weighted by atomic mass is 10.3. The molecule has 1 aromatic heterocycles. The van der Waals surface area contributed by atoms with Crippen molar-refractivity contribution in [2.75, 3.05) is 18.5 Å². The molecule has 0 saturated heterocycles. The van der Waals surface area contributed by atoms with E-state index in [1.165, 1.54) is 5.52 Å². The topological polar surface area (TPSA) is 50.3 Å². The number of rotatable bonds is 5. The first kappa shape index (κ1) is 15.0. The highest BCUT2D eigenvalue weighted by atomic mass is 16.5. The molecule has 1 aliphatic heterocycles. The lowest BCUT2D eigenvalue weighted by molar-refractivity contribution is -0.661. The van der Waals surface area contributed by atoms with Gasteiger partial charge in [-0.05, 0) is 24.3 Å². The van der Waals surface area contributed by atoms with Crippen LogP contribution in [0.25, 0.3) is 11.0 Å². The van der Waals surface area contributed by atoms with Crippen molar-refractivity contribution < 1.29 is 14.4 Å². The summed E-state index contributed by atoms with van der Waals surface area (Å²) in [5, 5.41) is 13.9. The Labute approximate surface area is 141 Å². The van der Waals surface area contributed by atoms with E-state index in [1.807, 2.05) is 36.4 Å². The van der Waals surface area contributed by atoms with E-state index in [-0.39, 0.29) is 6.61 Å². The predicted molar refractivity (Wildman–Crippen MR) is 93.2 cm³/mol. The van der Waals surface area contributed by atoms with Gasteiger partial charge in [-0.1, -0.05) is 30.3 Å². The van der Waals surface area contributed by atoms with Gasteiger partial charge in [0, 0.05) is 6.42 Å². The maximum absolute atomic E-state index is 10.5. The van der Waals surface area contributed by atoms with E-state index in [1.54, 1.807) is 0 Å². The number of aliphatic hydroxyl groups excluding tert-OH is 1. The molecule has 2 N–H and O–H groups in total. The number of benzene rings is 2.